The van der Waals surface area contributed by atoms with E-state index in [9.17, 15) is 9.90 Å². The molecule has 1 aromatic heterocycles. The van der Waals surface area contributed by atoms with Crippen LogP contribution in [0, 0.1) is 13.8 Å². The Morgan fingerprint density at radius 1 is 1.00 bits per heavy atom. The van der Waals surface area contributed by atoms with Gasteiger partial charge in [-0.05, 0) is 85.2 Å². The fraction of sp³-hybridized carbons (Fsp3) is 0.100. The molecule has 1 heterocycles. The van der Waals surface area contributed by atoms with Gasteiger partial charge in [0.05, 0.1) is 5.56 Å². The van der Waals surface area contributed by atoms with E-state index in [0.717, 1.165) is 22.2 Å². The molecule has 0 atom stereocenters. The van der Waals surface area contributed by atoms with Crippen LogP contribution in [0.25, 0.3) is 22.6 Å². The standard InChI is InChI=1S/C30H25N3O4S/c1-18-14-19(2)27-25(15-18)32-29(37-27)24-13-10-22(16-26(24)34)31-30(38)33-28(35)21-8-11-23(12-9-21)36-17-20-6-4-3-5-7-20/h3-16,34H,17H2,1-2H3,(H2,31,33,35,38). The molecule has 3 N–H and O–H groups in total. The highest BCUT2D eigenvalue weighted by molar-refractivity contribution is 7.80. The van der Waals surface area contributed by atoms with E-state index >= 15 is 0 Å². The van der Waals surface area contributed by atoms with Gasteiger partial charge >= 0.3 is 0 Å². The molecule has 0 aliphatic heterocycles. The van der Waals surface area contributed by atoms with Crippen molar-refractivity contribution in [1.29, 1.82) is 0 Å². The first-order valence-corrected chi connectivity index (χ1v) is 12.4. The van der Waals surface area contributed by atoms with E-state index in [0.29, 0.717) is 40.6 Å². The van der Waals surface area contributed by atoms with Gasteiger partial charge in [-0.1, -0.05) is 36.4 Å². The highest BCUT2D eigenvalue weighted by atomic mass is 32.1. The minimum absolute atomic E-state index is 0.0313. The number of phenolic OH excluding ortho intramolecular Hbond substituents is 1. The Balaban J connectivity index is 1.20. The van der Waals surface area contributed by atoms with Crippen molar-refractivity contribution in [2.45, 2.75) is 20.5 Å². The summed E-state index contributed by atoms with van der Waals surface area (Å²) in [4.78, 5) is 17.2. The van der Waals surface area contributed by atoms with Crippen molar-refractivity contribution in [2.24, 2.45) is 0 Å². The number of fused-ring (bicyclic) bond motifs is 1. The Labute approximate surface area is 225 Å². The van der Waals surface area contributed by atoms with Crippen LogP contribution in [-0.2, 0) is 6.61 Å². The van der Waals surface area contributed by atoms with Crippen LogP contribution in [0.3, 0.4) is 0 Å². The second kappa shape index (κ2) is 10.7. The van der Waals surface area contributed by atoms with Crippen LogP contribution in [0.2, 0.25) is 0 Å². The highest BCUT2D eigenvalue weighted by Gasteiger charge is 2.15. The number of nitrogens with zero attached hydrogens (tertiary/aromatic N) is 1. The first-order valence-electron chi connectivity index (χ1n) is 12.0. The Bertz CT molecular complexity index is 1630. The third-order valence-corrected chi connectivity index (χ3v) is 6.10. The first-order chi connectivity index (χ1) is 18.4. The van der Waals surface area contributed by atoms with Crippen molar-refractivity contribution < 1.29 is 19.1 Å². The number of aryl methyl sites for hydroxylation is 2. The van der Waals surface area contributed by atoms with Crippen LogP contribution in [0.1, 0.15) is 27.0 Å². The van der Waals surface area contributed by atoms with Crippen molar-refractivity contribution >= 4 is 40.0 Å². The van der Waals surface area contributed by atoms with Gasteiger partial charge in [0.1, 0.15) is 23.6 Å². The van der Waals surface area contributed by atoms with Crippen molar-refractivity contribution in [3.8, 4) is 23.0 Å². The van der Waals surface area contributed by atoms with E-state index in [2.05, 4.69) is 15.6 Å². The summed E-state index contributed by atoms with van der Waals surface area (Å²) in [7, 11) is 0. The van der Waals surface area contributed by atoms with Crippen LogP contribution < -0.4 is 15.4 Å². The lowest BCUT2D eigenvalue weighted by atomic mass is 10.1. The van der Waals surface area contributed by atoms with Gasteiger partial charge in [0.25, 0.3) is 5.91 Å². The average molecular weight is 524 g/mol. The number of phenols is 1. The molecule has 5 rings (SSSR count). The molecule has 0 aliphatic rings. The second-order valence-corrected chi connectivity index (χ2v) is 9.30. The first kappa shape index (κ1) is 25.0. The number of anilines is 1. The van der Waals surface area contributed by atoms with E-state index < -0.39 is 0 Å². The van der Waals surface area contributed by atoms with Crippen LogP contribution in [0.4, 0.5) is 5.69 Å². The smallest absolute Gasteiger partial charge is 0.257 e. The molecule has 190 valence electrons. The Kier molecular flexibility index (Phi) is 7.06. The van der Waals surface area contributed by atoms with Crippen LogP contribution in [0.5, 0.6) is 11.5 Å². The van der Waals surface area contributed by atoms with Crippen molar-refractivity contribution in [2.75, 3.05) is 5.32 Å². The predicted molar refractivity (Wildman–Crippen MR) is 151 cm³/mol. The van der Waals surface area contributed by atoms with Gasteiger partial charge in [-0.15, -0.1) is 0 Å². The zero-order valence-electron chi connectivity index (χ0n) is 20.8. The number of oxazole rings is 1. The Hall–Kier alpha value is -4.69. The topological polar surface area (TPSA) is 96.6 Å². The third-order valence-electron chi connectivity index (χ3n) is 5.90. The summed E-state index contributed by atoms with van der Waals surface area (Å²) in [6, 6.07) is 25.5. The summed E-state index contributed by atoms with van der Waals surface area (Å²) in [5.74, 6) is 0.585. The molecule has 0 radical (unpaired) electrons. The summed E-state index contributed by atoms with van der Waals surface area (Å²) in [5, 5.41) is 16.3. The van der Waals surface area contributed by atoms with E-state index in [4.69, 9.17) is 21.4 Å². The zero-order chi connectivity index (χ0) is 26.6. The maximum atomic E-state index is 12.6. The number of aromatic hydroxyl groups is 1. The molecule has 7 nitrogen and oxygen atoms in total. The minimum Gasteiger partial charge on any atom is -0.507 e. The number of rotatable bonds is 6. The molecule has 4 aromatic carbocycles. The fourth-order valence-corrected chi connectivity index (χ4v) is 4.27. The van der Waals surface area contributed by atoms with Crippen LogP contribution >= 0.6 is 12.2 Å². The Morgan fingerprint density at radius 2 is 1.76 bits per heavy atom. The zero-order valence-corrected chi connectivity index (χ0v) is 21.6. The summed E-state index contributed by atoms with van der Waals surface area (Å²) in [6.45, 7) is 4.40. The lowest BCUT2D eigenvalue weighted by Crippen LogP contribution is -2.34. The van der Waals surface area contributed by atoms with Gasteiger partial charge in [-0.25, -0.2) is 4.98 Å². The molecule has 0 saturated heterocycles. The normalized spacial score (nSPS) is 10.8. The number of amides is 1. The summed E-state index contributed by atoms with van der Waals surface area (Å²) in [5.41, 5.74) is 5.93. The molecular formula is C30H25N3O4S. The van der Waals surface area contributed by atoms with Gasteiger partial charge in [0, 0.05) is 17.3 Å². The molecule has 0 fully saturated rings. The van der Waals surface area contributed by atoms with Gasteiger partial charge in [-0.3, -0.25) is 10.1 Å². The van der Waals surface area contributed by atoms with Crippen molar-refractivity contribution in [1.82, 2.24) is 10.3 Å². The number of carbonyl (C=O) groups excluding carboxylic acids is 1. The molecule has 38 heavy (non-hydrogen) atoms. The van der Waals surface area contributed by atoms with Gasteiger partial charge in [0.2, 0.25) is 5.89 Å². The van der Waals surface area contributed by atoms with Crippen LogP contribution in [-0.4, -0.2) is 21.1 Å². The largest absolute Gasteiger partial charge is 0.507 e. The fourth-order valence-electron chi connectivity index (χ4n) is 4.06. The Morgan fingerprint density at radius 3 is 2.50 bits per heavy atom. The van der Waals surface area contributed by atoms with Gasteiger partial charge < -0.3 is 19.6 Å². The average Bonchev–Trinajstić information content (AvgIpc) is 3.32. The monoisotopic (exact) mass is 523 g/mol. The molecular weight excluding hydrogens is 498 g/mol. The lowest BCUT2D eigenvalue weighted by molar-refractivity contribution is 0.0977. The summed E-state index contributed by atoms with van der Waals surface area (Å²) in [6.07, 6.45) is 0. The van der Waals surface area contributed by atoms with E-state index in [1.807, 2.05) is 56.3 Å². The van der Waals surface area contributed by atoms with Gasteiger partial charge in [0.15, 0.2) is 10.7 Å². The summed E-state index contributed by atoms with van der Waals surface area (Å²) < 4.78 is 11.7. The molecule has 0 bridgehead atoms. The molecule has 8 heteroatoms. The highest BCUT2D eigenvalue weighted by Crippen LogP contribution is 2.34. The molecule has 0 unspecified atom stereocenters. The molecule has 5 aromatic rings. The number of benzene rings is 4. The third kappa shape index (κ3) is 5.66. The predicted octanol–water partition coefficient (Wildman–Crippen LogP) is 6.52. The number of carbonyl (C=O) groups is 1. The molecule has 0 aliphatic carbocycles. The quantitative estimate of drug-likeness (QED) is 0.218. The summed E-state index contributed by atoms with van der Waals surface area (Å²) >= 11 is 5.29. The number of thiocarbonyl (C=S) groups is 1. The maximum absolute atomic E-state index is 12.6. The van der Waals surface area contributed by atoms with Gasteiger partial charge in [-0.2, -0.15) is 0 Å². The number of hydrogen-bond donors (Lipinski definition) is 3. The van der Waals surface area contributed by atoms with Crippen molar-refractivity contribution in [3.63, 3.8) is 0 Å². The van der Waals surface area contributed by atoms with E-state index in [-0.39, 0.29) is 16.8 Å². The van der Waals surface area contributed by atoms with Crippen molar-refractivity contribution in [3.05, 3.63) is 107 Å². The molecule has 0 saturated carbocycles. The van der Waals surface area contributed by atoms with Crippen LogP contribution in [0.15, 0.2) is 89.3 Å². The number of aromatic nitrogens is 1. The molecule has 0 spiro atoms. The minimum atomic E-state index is -0.366. The lowest BCUT2D eigenvalue weighted by Gasteiger charge is -2.11. The number of hydrogen-bond acceptors (Lipinski definition) is 6. The maximum Gasteiger partial charge on any atom is 0.257 e. The SMILES string of the molecule is Cc1cc(C)c2oc(-c3ccc(NC(=S)NC(=O)c4ccc(OCc5ccccc5)cc4)cc3O)nc2c1. The number of nitrogens with one attached hydrogen (secondary N) is 2. The number of ether oxygens (including phenoxy) is 1. The van der Waals surface area contributed by atoms with E-state index in [1.54, 1.807) is 36.4 Å². The van der Waals surface area contributed by atoms with E-state index in [1.165, 1.54) is 6.07 Å². The second-order valence-electron chi connectivity index (χ2n) is 8.89. The molecule has 1 amide bonds.